The smallest absolute Gasteiger partial charge is 0.422 e. The maximum absolute atomic E-state index is 8.64. The van der Waals surface area contributed by atoms with E-state index < -0.39 is 7.12 Å². The summed E-state index contributed by atoms with van der Waals surface area (Å²) in [5, 5.41) is 17.3. The lowest BCUT2D eigenvalue weighted by Gasteiger charge is -1.97. The fourth-order valence-corrected chi connectivity index (χ4v) is 1.65. The molecule has 2 rings (SSSR count). The fourth-order valence-electron chi connectivity index (χ4n) is 1.22. The third kappa shape index (κ3) is 5.40. The van der Waals surface area contributed by atoms with Gasteiger partial charge >= 0.3 is 7.12 Å². The molecule has 2 aromatic rings. The maximum Gasteiger partial charge on any atom is 0.508 e. The molecule has 0 aromatic carbocycles. The minimum Gasteiger partial charge on any atom is -0.422 e. The lowest BCUT2D eigenvalue weighted by molar-refractivity contribution is 0.424. The third-order valence-corrected chi connectivity index (χ3v) is 2.47. The predicted molar refractivity (Wildman–Crippen MR) is 75.5 cm³/mol. The first-order valence-corrected chi connectivity index (χ1v) is 6.17. The molecular weight excluding hydrogens is 295 g/mol. The topological polar surface area (TPSA) is 66.2 Å². The molecule has 0 atom stereocenters. The molecule has 0 bridgehead atoms. The molecule has 0 radical (unpaired) electrons. The summed E-state index contributed by atoms with van der Waals surface area (Å²) in [6.45, 7) is 3.76. The molecule has 0 aliphatic rings. The van der Waals surface area contributed by atoms with E-state index in [4.69, 9.17) is 10.0 Å². The second-order valence-electron chi connectivity index (χ2n) is 3.68. The zero-order valence-corrected chi connectivity index (χ0v) is 11.8. The number of hydrogen-bond acceptors (Lipinski definition) is 4. The van der Waals surface area contributed by atoms with Crippen LogP contribution in [-0.4, -0.2) is 27.1 Å². The number of pyridine rings is 2. The monoisotopic (exact) mass is 308 g/mol. The fraction of sp³-hybridized carbons (Fsp3) is 0.167. The molecule has 0 aliphatic heterocycles. The number of aryl methyl sites for hydroxylation is 2. The minimum atomic E-state index is -1.46. The largest absolute Gasteiger partial charge is 0.508 e. The van der Waals surface area contributed by atoms with Gasteiger partial charge in [-0.15, -0.1) is 0 Å². The van der Waals surface area contributed by atoms with Crippen molar-refractivity contribution in [1.29, 1.82) is 0 Å². The second kappa shape index (κ2) is 7.26. The van der Waals surface area contributed by atoms with Crippen LogP contribution in [0.2, 0.25) is 0 Å². The first-order chi connectivity index (χ1) is 8.49. The summed E-state index contributed by atoms with van der Waals surface area (Å²) in [4.78, 5) is 7.96. The quantitative estimate of drug-likeness (QED) is 0.614. The van der Waals surface area contributed by atoms with Crippen LogP contribution in [0.25, 0.3) is 0 Å². The number of aromatic nitrogens is 2. The van der Waals surface area contributed by atoms with Crippen LogP contribution in [0.4, 0.5) is 0 Å². The van der Waals surface area contributed by atoms with E-state index in [1.165, 1.54) is 0 Å². The van der Waals surface area contributed by atoms with Crippen LogP contribution in [0.5, 0.6) is 0 Å². The van der Waals surface area contributed by atoms with Crippen LogP contribution in [0.3, 0.4) is 0 Å². The highest BCUT2D eigenvalue weighted by Gasteiger charge is 2.11. The van der Waals surface area contributed by atoms with Crippen molar-refractivity contribution in [3.63, 3.8) is 0 Å². The van der Waals surface area contributed by atoms with Gasteiger partial charge in [-0.05, 0) is 54.0 Å². The summed E-state index contributed by atoms with van der Waals surface area (Å²) in [6, 6.07) is 10.9. The Labute approximate surface area is 115 Å². The molecule has 2 aromatic heterocycles. The van der Waals surface area contributed by atoms with Crippen molar-refractivity contribution >= 4 is 28.6 Å². The molecule has 18 heavy (non-hydrogen) atoms. The predicted octanol–water partition coefficient (Wildman–Crippen LogP) is 1.22. The van der Waals surface area contributed by atoms with Gasteiger partial charge in [0.15, 0.2) is 0 Å². The molecule has 0 aliphatic carbocycles. The molecule has 0 saturated heterocycles. The lowest BCUT2D eigenvalue weighted by atomic mass is 9.86. The van der Waals surface area contributed by atoms with Crippen molar-refractivity contribution in [2.24, 2.45) is 0 Å². The van der Waals surface area contributed by atoms with Crippen LogP contribution < -0.4 is 5.59 Å². The molecule has 2 N–H and O–H groups in total. The van der Waals surface area contributed by atoms with Crippen molar-refractivity contribution in [3.8, 4) is 0 Å². The zero-order valence-electron chi connectivity index (χ0n) is 10.2. The van der Waals surface area contributed by atoms with Gasteiger partial charge in [0.25, 0.3) is 0 Å². The van der Waals surface area contributed by atoms with Gasteiger partial charge in [-0.25, -0.2) is 4.98 Å². The van der Waals surface area contributed by atoms with E-state index in [0.717, 1.165) is 16.0 Å². The van der Waals surface area contributed by atoms with Crippen LogP contribution in [-0.2, 0) is 0 Å². The SMILES string of the molecule is Cc1cccc(B(O)O)n1.Cc1cccc(Br)n1. The van der Waals surface area contributed by atoms with E-state index in [9.17, 15) is 0 Å². The Morgan fingerprint density at radius 1 is 0.944 bits per heavy atom. The Morgan fingerprint density at radius 2 is 1.50 bits per heavy atom. The van der Waals surface area contributed by atoms with Gasteiger partial charge in [0.2, 0.25) is 0 Å². The number of hydrogen-bond donors (Lipinski definition) is 2. The highest BCUT2D eigenvalue weighted by atomic mass is 79.9. The van der Waals surface area contributed by atoms with Crippen molar-refractivity contribution in [3.05, 3.63) is 52.4 Å². The molecule has 0 fully saturated rings. The highest BCUT2D eigenvalue weighted by Crippen LogP contribution is 2.04. The molecule has 0 amide bonds. The molecule has 2 heterocycles. The molecule has 4 nitrogen and oxygen atoms in total. The molecule has 0 saturated carbocycles. The van der Waals surface area contributed by atoms with Crippen LogP contribution in [0, 0.1) is 13.8 Å². The van der Waals surface area contributed by atoms with Gasteiger partial charge < -0.3 is 10.0 Å². The number of rotatable bonds is 1. The number of halogens is 1. The average molecular weight is 309 g/mol. The minimum absolute atomic E-state index is 0.292. The first kappa shape index (κ1) is 14.8. The Balaban J connectivity index is 0.000000184. The zero-order chi connectivity index (χ0) is 13.5. The highest BCUT2D eigenvalue weighted by molar-refractivity contribution is 9.10. The summed E-state index contributed by atoms with van der Waals surface area (Å²) < 4.78 is 0.900. The molecule has 0 spiro atoms. The van der Waals surface area contributed by atoms with Crippen LogP contribution >= 0.6 is 15.9 Å². The third-order valence-electron chi connectivity index (χ3n) is 2.03. The summed E-state index contributed by atoms with van der Waals surface area (Å²) in [5.41, 5.74) is 2.12. The van der Waals surface area contributed by atoms with E-state index >= 15 is 0 Å². The van der Waals surface area contributed by atoms with Gasteiger partial charge in [0.05, 0.1) is 5.59 Å². The standard InChI is InChI=1S/C6H8BNO2.C6H6BrN/c1-5-3-2-4-6(8-5)7(9)10;1-5-3-2-4-6(7)8-5/h2-4,9-10H,1H3;2-4H,1H3. The van der Waals surface area contributed by atoms with Gasteiger partial charge in [0, 0.05) is 11.4 Å². The molecular formula is C12H14BBrN2O2. The molecule has 94 valence electrons. The van der Waals surface area contributed by atoms with Gasteiger partial charge in [-0.2, -0.15) is 0 Å². The molecule has 6 heteroatoms. The summed E-state index contributed by atoms with van der Waals surface area (Å²) in [5.74, 6) is 0. The van der Waals surface area contributed by atoms with Crippen molar-refractivity contribution in [2.45, 2.75) is 13.8 Å². The Hall–Kier alpha value is -1.24. The van der Waals surface area contributed by atoms with Gasteiger partial charge in [-0.3, -0.25) is 4.98 Å². The van der Waals surface area contributed by atoms with Crippen LogP contribution in [0.15, 0.2) is 41.0 Å². The van der Waals surface area contributed by atoms with Crippen molar-refractivity contribution in [1.82, 2.24) is 9.97 Å². The second-order valence-corrected chi connectivity index (χ2v) is 4.49. The summed E-state index contributed by atoms with van der Waals surface area (Å²) in [7, 11) is -1.46. The Kier molecular flexibility index (Phi) is 5.98. The van der Waals surface area contributed by atoms with Gasteiger partial charge in [0.1, 0.15) is 4.60 Å². The average Bonchev–Trinajstić information content (AvgIpc) is 2.29. The summed E-state index contributed by atoms with van der Waals surface area (Å²) in [6.07, 6.45) is 0. The summed E-state index contributed by atoms with van der Waals surface area (Å²) >= 11 is 3.25. The van der Waals surface area contributed by atoms with Crippen molar-refractivity contribution < 1.29 is 10.0 Å². The van der Waals surface area contributed by atoms with Crippen molar-refractivity contribution in [2.75, 3.05) is 0 Å². The van der Waals surface area contributed by atoms with E-state index in [1.807, 2.05) is 25.1 Å². The van der Waals surface area contributed by atoms with E-state index in [-0.39, 0.29) is 0 Å². The van der Waals surface area contributed by atoms with E-state index in [0.29, 0.717) is 5.59 Å². The van der Waals surface area contributed by atoms with E-state index in [1.54, 1.807) is 25.1 Å². The first-order valence-electron chi connectivity index (χ1n) is 5.38. The Bertz CT molecular complexity index is 492. The van der Waals surface area contributed by atoms with Crippen LogP contribution in [0.1, 0.15) is 11.4 Å². The van der Waals surface area contributed by atoms with Gasteiger partial charge in [-0.1, -0.05) is 12.1 Å². The van der Waals surface area contributed by atoms with E-state index in [2.05, 4.69) is 25.9 Å². The maximum atomic E-state index is 8.64. The Morgan fingerprint density at radius 3 is 1.83 bits per heavy atom. The molecule has 0 unspecified atom stereocenters. The normalized spacial score (nSPS) is 9.39. The number of nitrogens with zero attached hydrogens (tertiary/aromatic N) is 2. The lowest BCUT2D eigenvalue weighted by Crippen LogP contribution is -2.32.